The van der Waals surface area contributed by atoms with Crippen LogP contribution in [0.3, 0.4) is 0 Å². The number of benzene rings is 1. The fourth-order valence-electron chi connectivity index (χ4n) is 1.91. The summed E-state index contributed by atoms with van der Waals surface area (Å²) in [6, 6.07) is 5.12. The minimum Gasteiger partial charge on any atom is -0.493 e. The predicted molar refractivity (Wildman–Crippen MR) is 78.1 cm³/mol. The molecule has 0 saturated heterocycles. The Morgan fingerprint density at radius 2 is 1.86 bits per heavy atom. The average molecular weight is 291 g/mol. The van der Waals surface area contributed by atoms with Gasteiger partial charge >= 0.3 is 5.69 Å². The van der Waals surface area contributed by atoms with Crippen LogP contribution in [0.4, 0.5) is 5.95 Å². The number of aromatic nitrogens is 3. The molecule has 0 unspecified atom stereocenters. The van der Waals surface area contributed by atoms with E-state index in [1.54, 1.807) is 39.3 Å². The molecule has 8 nitrogen and oxygen atoms in total. The lowest BCUT2D eigenvalue weighted by molar-refractivity contribution is 0.355. The smallest absolute Gasteiger partial charge is 0.356 e. The van der Waals surface area contributed by atoms with Crippen molar-refractivity contribution in [1.29, 1.82) is 0 Å². The molecule has 8 heteroatoms. The van der Waals surface area contributed by atoms with Gasteiger partial charge in [-0.25, -0.2) is 15.2 Å². The Bertz CT molecular complexity index is 711. The van der Waals surface area contributed by atoms with Crippen LogP contribution in [-0.2, 0) is 0 Å². The summed E-state index contributed by atoms with van der Waals surface area (Å²) in [6.07, 6.45) is 0. The highest BCUT2D eigenvalue weighted by molar-refractivity contribution is 5.49. The second kappa shape index (κ2) is 5.80. The van der Waals surface area contributed by atoms with E-state index in [4.69, 9.17) is 15.3 Å². The first-order valence-corrected chi connectivity index (χ1v) is 6.16. The summed E-state index contributed by atoms with van der Waals surface area (Å²) in [6.45, 7) is 1.70. The van der Waals surface area contributed by atoms with Crippen molar-refractivity contribution in [3.8, 4) is 17.2 Å². The quantitative estimate of drug-likeness (QED) is 0.637. The largest absolute Gasteiger partial charge is 0.493 e. The number of anilines is 1. The van der Waals surface area contributed by atoms with Gasteiger partial charge in [-0.05, 0) is 19.1 Å². The van der Waals surface area contributed by atoms with Gasteiger partial charge in [-0.15, -0.1) is 0 Å². The molecule has 21 heavy (non-hydrogen) atoms. The summed E-state index contributed by atoms with van der Waals surface area (Å²) in [5.74, 6) is 7.27. The molecule has 2 N–H and O–H groups in total. The Hall–Kier alpha value is -2.61. The molecule has 112 valence electrons. The molecule has 0 amide bonds. The number of rotatable bonds is 4. The third kappa shape index (κ3) is 2.79. The molecule has 1 heterocycles. The van der Waals surface area contributed by atoms with E-state index in [1.807, 2.05) is 0 Å². The lowest BCUT2D eigenvalue weighted by Gasteiger charge is -2.14. The fourth-order valence-corrected chi connectivity index (χ4v) is 1.91. The molecule has 2 aromatic rings. The lowest BCUT2D eigenvalue weighted by atomic mass is 10.2. The number of hydrazine groups is 1. The maximum Gasteiger partial charge on any atom is 0.356 e. The zero-order valence-corrected chi connectivity index (χ0v) is 12.3. The second-order valence-corrected chi connectivity index (χ2v) is 4.34. The fraction of sp³-hybridized carbons (Fsp3) is 0.308. The van der Waals surface area contributed by atoms with E-state index >= 15 is 0 Å². The number of ether oxygens (including phenoxy) is 2. The van der Waals surface area contributed by atoms with Crippen molar-refractivity contribution >= 4 is 5.95 Å². The van der Waals surface area contributed by atoms with Crippen molar-refractivity contribution < 1.29 is 9.47 Å². The summed E-state index contributed by atoms with van der Waals surface area (Å²) in [5.41, 5.74) is 0.114. The van der Waals surface area contributed by atoms with E-state index in [2.05, 4.69) is 9.97 Å². The van der Waals surface area contributed by atoms with E-state index in [0.717, 1.165) is 0 Å². The molecule has 1 aromatic heterocycles. The van der Waals surface area contributed by atoms with Crippen LogP contribution in [0, 0.1) is 6.92 Å². The van der Waals surface area contributed by atoms with Crippen molar-refractivity contribution in [2.45, 2.75) is 6.92 Å². The molecule has 0 atom stereocenters. The molecule has 0 fully saturated rings. The summed E-state index contributed by atoms with van der Waals surface area (Å²) >= 11 is 0. The Kier molecular flexibility index (Phi) is 4.08. The van der Waals surface area contributed by atoms with Crippen LogP contribution >= 0.6 is 0 Å². The predicted octanol–water partition coefficient (Wildman–Crippen LogP) is 0.263. The lowest BCUT2D eigenvalue weighted by Crippen LogP contribution is -2.33. The Labute approximate surface area is 121 Å². The highest BCUT2D eigenvalue weighted by Gasteiger charge is 2.12. The van der Waals surface area contributed by atoms with Crippen LogP contribution in [0.15, 0.2) is 23.0 Å². The minimum atomic E-state index is -0.470. The van der Waals surface area contributed by atoms with Gasteiger partial charge in [0.2, 0.25) is 5.95 Å². The van der Waals surface area contributed by atoms with Gasteiger partial charge < -0.3 is 9.47 Å². The van der Waals surface area contributed by atoms with Crippen LogP contribution in [0.1, 0.15) is 5.82 Å². The standard InChI is InChI=1S/C13H17N5O3/c1-8-15-12(17(2)14)16-13(19)18(8)9-5-6-10(20-3)11(7-9)21-4/h5-7H,14H2,1-4H3. The van der Waals surface area contributed by atoms with E-state index in [9.17, 15) is 4.79 Å². The molecule has 0 bridgehead atoms. The first kappa shape index (κ1) is 14.8. The zero-order chi connectivity index (χ0) is 15.6. The molecular weight excluding hydrogens is 274 g/mol. The monoisotopic (exact) mass is 291 g/mol. The van der Waals surface area contributed by atoms with E-state index in [0.29, 0.717) is 23.0 Å². The number of aryl methyl sites for hydroxylation is 1. The number of nitrogens with zero attached hydrogens (tertiary/aromatic N) is 4. The van der Waals surface area contributed by atoms with Crippen molar-refractivity contribution in [2.75, 3.05) is 26.3 Å². The maximum absolute atomic E-state index is 12.2. The molecule has 0 spiro atoms. The molecule has 0 saturated carbocycles. The zero-order valence-electron chi connectivity index (χ0n) is 12.3. The first-order valence-electron chi connectivity index (χ1n) is 6.16. The molecule has 0 aliphatic carbocycles. The number of nitrogens with two attached hydrogens (primary N) is 1. The molecular formula is C13H17N5O3. The molecule has 0 radical (unpaired) electrons. The normalized spacial score (nSPS) is 10.3. The first-order chi connectivity index (χ1) is 9.97. The van der Waals surface area contributed by atoms with E-state index < -0.39 is 5.69 Å². The van der Waals surface area contributed by atoms with Crippen LogP contribution in [0.25, 0.3) is 5.69 Å². The maximum atomic E-state index is 12.2. The van der Waals surface area contributed by atoms with E-state index in [-0.39, 0.29) is 5.95 Å². The Morgan fingerprint density at radius 3 is 2.38 bits per heavy atom. The molecule has 0 aliphatic rings. The SMILES string of the molecule is COc1ccc(-n2c(C)nc(N(C)N)nc2=O)cc1OC. The highest BCUT2D eigenvalue weighted by Crippen LogP contribution is 2.28. The summed E-state index contributed by atoms with van der Waals surface area (Å²) in [7, 11) is 4.64. The van der Waals surface area contributed by atoms with Crippen LogP contribution in [0.2, 0.25) is 0 Å². The van der Waals surface area contributed by atoms with Gasteiger partial charge in [0.15, 0.2) is 11.5 Å². The third-order valence-corrected chi connectivity index (χ3v) is 2.91. The minimum absolute atomic E-state index is 0.161. The van der Waals surface area contributed by atoms with Crippen molar-refractivity contribution in [3.63, 3.8) is 0 Å². The number of hydrogen-bond acceptors (Lipinski definition) is 7. The van der Waals surface area contributed by atoms with Crippen LogP contribution in [0.5, 0.6) is 11.5 Å². The van der Waals surface area contributed by atoms with Gasteiger partial charge in [-0.1, -0.05) is 0 Å². The van der Waals surface area contributed by atoms with Gasteiger partial charge in [-0.3, -0.25) is 5.01 Å². The Morgan fingerprint density at radius 1 is 1.19 bits per heavy atom. The van der Waals surface area contributed by atoms with Gasteiger partial charge in [0.05, 0.1) is 19.9 Å². The summed E-state index contributed by atoms with van der Waals surface area (Å²) < 4.78 is 11.8. The number of hydrogen-bond donors (Lipinski definition) is 1. The number of methoxy groups -OCH3 is 2. The third-order valence-electron chi connectivity index (χ3n) is 2.91. The van der Waals surface area contributed by atoms with Gasteiger partial charge in [-0.2, -0.15) is 9.97 Å². The van der Waals surface area contributed by atoms with Crippen LogP contribution < -0.4 is 26.0 Å². The second-order valence-electron chi connectivity index (χ2n) is 4.34. The topological polar surface area (TPSA) is 95.5 Å². The molecule has 0 aliphatic heterocycles. The van der Waals surface area contributed by atoms with Crippen LogP contribution in [-0.4, -0.2) is 35.8 Å². The van der Waals surface area contributed by atoms with Gasteiger partial charge in [0.1, 0.15) is 5.82 Å². The Balaban J connectivity index is 2.60. The summed E-state index contributed by atoms with van der Waals surface area (Å²) in [4.78, 5) is 20.2. The van der Waals surface area contributed by atoms with Gasteiger partial charge in [0.25, 0.3) is 0 Å². The highest BCUT2D eigenvalue weighted by atomic mass is 16.5. The summed E-state index contributed by atoms with van der Waals surface area (Å²) in [5, 5.41) is 1.19. The van der Waals surface area contributed by atoms with Crippen molar-refractivity contribution in [2.24, 2.45) is 5.84 Å². The van der Waals surface area contributed by atoms with Crippen molar-refractivity contribution in [3.05, 3.63) is 34.5 Å². The average Bonchev–Trinajstić information content (AvgIpc) is 2.46. The molecule has 1 aromatic carbocycles. The molecule has 2 rings (SSSR count). The van der Waals surface area contributed by atoms with Gasteiger partial charge in [0, 0.05) is 13.1 Å². The van der Waals surface area contributed by atoms with E-state index in [1.165, 1.54) is 16.7 Å². The van der Waals surface area contributed by atoms with Crippen molar-refractivity contribution in [1.82, 2.24) is 14.5 Å².